The van der Waals surface area contributed by atoms with Crippen LogP contribution in [-0.4, -0.2) is 202 Å². The van der Waals surface area contributed by atoms with Gasteiger partial charge in [-0.25, -0.2) is 4.79 Å². The molecule has 0 bridgehead atoms. The number of nitrogens with one attached hydrogen (secondary N) is 8. The van der Waals surface area contributed by atoms with E-state index in [1.807, 2.05) is 13.8 Å². The van der Waals surface area contributed by atoms with Crippen molar-refractivity contribution in [2.45, 2.75) is 140 Å². The van der Waals surface area contributed by atoms with Gasteiger partial charge in [0.2, 0.25) is 70.9 Å². The first kappa shape index (κ1) is 58.3. The van der Waals surface area contributed by atoms with E-state index in [0.29, 0.717) is 25.7 Å². The van der Waals surface area contributed by atoms with Crippen LogP contribution in [0, 0.1) is 5.92 Å². The van der Waals surface area contributed by atoms with Crippen molar-refractivity contribution in [3.8, 4) is 0 Å². The van der Waals surface area contributed by atoms with Crippen molar-refractivity contribution in [2.75, 3.05) is 45.8 Å². The van der Waals surface area contributed by atoms with Gasteiger partial charge in [-0.3, -0.25) is 57.5 Å². The Morgan fingerprint density at radius 1 is 0.549 bits per heavy atom. The first-order valence-corrected chi connectivity index (χ1v) is 23.5. The Balaban J connectivity index is 1.49. The average molecular weight is 1010 g/mol. The summed E-state index contributed by atoms with van der Waals surface area (Å²) in [4.78, 5) is 169. The zero-order valence-electron chi connectivity index (χ0n) is 40.6. The van der Waals surface area contributed by atoms with E-state index in [9.17, 15) is 72.5 Å². The lowest BCUT2D eigenvalue weighted by atomic mass is 10.0. The van der Waals surface area contributed by atoms with Gasteiger partial charge >= 0.3 is 5.97 Å². The summed E-state index contributed by atoms with van der Waals surface area (Å²) in [5.41, 5.74) is 10.4. The number of likely N-dealkylation sites (tertiary alicyclic amines) is 3. The molecule has 0 radical (unpaired) electrons. The summed E-state index contributed by atoms with van der Waals surface area (Å²) in [5, 5.41) is 39.1. The van der Waals surface area contributed by atoms with Crippen LogP contribution >= 0.6 is 0 Å². The zero-order valence-corrected chi connectivity index (χ0v) is 40.6. The number of carboxylic acids is 1. The summed E-state index contributed by atoms with van der Waals surface area (Å²) >= 11 is 0. The first-order valence-electron chi connectivity index (χ1n) is 23.5. The Labute approximate surface area is 409 Å². The fraction of sp³-hybridized carbons (Fsp3) is 0.698. The molecule has 3 aliphatic rings. The molecule has 0 saturated carbocycles. The predicted molar refractivity (Wildman–Crippen MR) is 246 cm³/mol. The second-order valence-corrected chi connectivity index (χ2v) is 18.1. The molecule has 0 spiro atoms. The standard InChI is InChI=1S/C43H69N13O15/c1-21(2)15-26(43(70)71)52-40(67)28-10-7-13-55(28)32(60)18-47-37(64)23(4)50-39(66)27-9-6-12-54(27)34(62)20-48-42(69)35(24(5)57)53-41(68)29-11-8-14-56(29)33(61)19-46-36(63)22(3)49-38(65)25(16-30(45)58)51-31(59)17-44/h21-29,35,57H,6-20,44H2,1-5H3,(H2,45,58)(H,46,63)(H,47,64)(H,48,69)(H,49,65)(H,50,66)(H,51,59)(H,52,67)(H,53,68)(H,70,71)/t22-,23-,24+,25-,26-,27-,28-,29-,35-/m0/s1. The topological polar surface area (TPSA) is 420 Å². The quantitative estimate of drug-likeness (QED) is 0.0404. The Morgan fingerprint density at radius 3 is 1.35 bits per heavy atom. The largest absolute Gasteiger partial charge is 0.480 e. The molecule has 71 heavy (non-hydrogen) atoms. The number of primary amides is 1. The maximum Gasteiger partial charge on any atom is 0.326 e. The molecule has 0 unspecified atom stereocenters. The van der Waals surface area contributed by atoms with Crippen LogP contribution in [0.2, 0.25) is 0 Å². The maximum atomic E-state index is 13.4. The molecule has 9 atom stereocenters. The predicted octanol–water partition coefficient (Wildman–Crippen LogP) is -6.88. The number of aliphatic hydroxyl groups excluding tert-OH is 1. The molecule has 0 aromatic carbocycles. The summed E-state index contributed by atoms with van der Waals surface area (Å²) in [6.45, 7) is 5.66. The van der Waals surface area contributed by atoms with E-state index in [1.165, 1.54) is 30.6 Å². The molecule has 396 valence electrons. The second kappa shape index (κ2) is 27.4. The normalized spacial score (nSPS) is 20.0. The number of rotatable bonds is 25. The lowest BCUT2D eigenvalue weighted by Gasteiger charge is -2.28. The van der Waals surface area contributed by atoms with E-state index in [0.717, 1.165) is 4.90 Å². The van der Waals surface area contributed by atoms with E-state index in [4.69, 9.17) is 11.5 Å². The Kier molecular flexibility index (Phi) is 22.5. The van der Waals surface area contributed by atoms with Gasteiger partial charge in [-0.05, 0) is 71.6 Å². The van der Waals surface area contributed by atoms with Crippen LogP contribution in [-0.2, 0) is 62.3 Å². The van der Waals surface area contributed by atoms with Gasteiger partial charge < -0.3 is 78.9 Å². The number of aliphatic carboxylic acids is 1. The monoisotopic (exact) mass is 1010 g/mol. The number of carbonyl (C=O) groups is 13. The van der Waals surface area contributed by atoms with Crippen molar-refractivity contribution in [1.29, 1.82) is 0 Å². The van der Waals surface area contributed by atoms with E-state index in [-0.39, 0.29) is 44.8 Å². The first-order chi connectivity index (χ1) is 33.4. The summed E-state index contributed by atoms with van der Waals surface area (Å²) in [7, 11) is 0. The van der Waals surface area contributed by atoms with Crippen molar-refractivity contribution in [3.63, 3.8) is 0 Å². The molecular formula is C43H69N13O15. The SMILES string of the molecule is CC(C)C[C@H](NC(=O)[C@@H]1CCCN1C(=O)CNC(=O)[C@H](C)NC(=O)[C@@H]1CCCN1C(=O)CNC(=O)[C@@H](NC(=O)[C@@H]1CCCN1C(=O)CNC(=O)[C@H](C)NC(=O)[C@H](CC(N)=O)NC(=O)CN)[C@@H](C)O)C(=O)O. The Bertz CT molecular complexity index is 2040. The molecular weight excluding hydrogens is 939 g/mol. The molecule has 3 heterocycles. The minimum Gasteiger partial charge on any atom is -0.480 e. The van der Waals surface area contributed by atoms with Crippen molar-refractivity contribution in [1.82, 2.24) is 57.2 Å². The molecule has 3 saturated heterocycles. The van der Waals surface area contributed by atoms with Crippen molar-refractivity contribution in [3.05, 3.63) is 0 Å². The minimum absolute atomic E-state index is 0.0144. The van der Waals surface area contributed by atoms with Gasteiger partial charge in [0.1, 0.15) is 48.3 Å². The zero-order chi connectivity index (χ0) is 53.3. The number of carboxylic acid groups (broad SMARTS) is 1. The Morgan fingerprint density at radius 2 is 0.958 bits per heavy atom. The average Bonchev–Trinajstić information content (AvgIpc) is 4.12. The molecule has 0 aliphatic carbocycles. The third-order valence-corrected chi connectivity index (χ3v) is 12.0. The fourth-order valence-corrected chi connectivity index (χ4v) is 8.26. The van der Waals surface area contributed by atoms with E-state index >= 15 is 0 Å². The maximum absolute atomic E-state index is 13.4. The molecule has 3 rings (SSSR count). The van der Waals surface area contributed by atoms with E-state index < -0.39 is 164 Å². The molecule has 0 aromatic heterocycles. The van der Waals surface area contributed by atoms with Crippen LogP contribution in [0.15, 0.2) is 0 Å². The molecule has 3 fully saturated rings. The lowest BCUT2D eigenvalue weighted by molar-refractivity contribution is -0.144. The second-order valence-electron chi connectivity index (χ2n) is 18.1. The number of carbonyl (C=O) groups excluding carboxylic acids is 12. The Hall–Kier alpha value is -6.97. The number of hydrogen-bond donors (Lipinski definition) is 12. The van der Waals surface area contributed by atoms with Gasteiger partial charge in [0.05, 0.1) is 38.7 Å². The number of aliphatic hydroxyl groups is 1. The van der Waals surface area contributed by atoms with Crippen LogP contribution in [0.4, 0.5) is 0 Å². The van der Waals surface area contributed by atoms with Crippen LogP contribution in [0.3, 0.4) is 0 Å². The molecule has 0 aromatic rings. The smallest absolute Gasteiger partial charge is 0.326 e. The molecule has 3 aliphatic heterocycles. The van der Waals surface area contributed by atoms with Crippen LogP contribution in [0.1, 0.15) is 86.0 Å². The van der Waals surface area contributed by atoms with Gasteiger partial charge in [-0.2, -0.15) is 0 Å². The van der Waals surface area contributed by atoms with E-state index in [1.54, 1.807) is 0 Å². The van der Waals surface area contributed by atoms with Gasteiger partial charge in [-0.1, -0.05) is 13.8 Å². The summed E-state index contributed by atoms with van der Waals surface area (Å²) in [6, 6.07) is -9.65. The van der Waals surface area contributed by atoms with Gasteiger partial charge in [0.25, 0.3) is 0 Å². The molecule has 28 nitrogen and oxygen atoms in total. The van der Waals surface area contributed by atoms with E-state index in [2.05, 4.69) is 42.5 Å². The van der Waals surface area contributed by atoms with Crippen molar-refractivity contribution < 1.29 is 72.5 Å². The summed E-state index contributed by atoms with van der Waals surface area (Å²) < 4.78 is 0. The van der Waals surface area contributed by atoms with Gasteiger partial charge in [0.15, 0.2) is 0 Å². The highest BCUT2D eigenvalue weighted by atomic mass is 16.4. The van der Waals surface area contributed by atoms with Gasteiger partial charge in [-0.15, -0.1) is 0 Å². The highest BCUT2D eigenvalue weighted by Gasteiger charge is 2.40. The molecule has 12 amide bonds. The highest BCUT2D eigenvalue weighted by Crippen LogP contribution is 2.21. The lowest BCUT2D eigenvalue weighted by Crippen LogP contribution is -2.58. The van der Waals surface area contributed by atoms with Crippen LogP contribution < -0.4 is 54.0 Å². The third-order valence-electron chi connectivity index (χ3n) is 12.0. The van der Waals surface area contributed by atoms with Gasteiger partial charge in [0, 0.05) is 19.6 Å². The van der Waals surface area contributed by atoms with Crippen molar-refractivity contribution >= 4 is 76.9 Å². The number of hydrogen-bond acceptors (Lipinski definition) is 15. The molecule has 14 N–H and O–H groups in total. The van der Waals surface area contributed by atoms with Crippen molar-refractivity contribution in [2.24, 2.45) is 17.4 Å². The number of nitrogens with zero attached hydrogens (tertiary/aromatic N) is 3. The minimum atomic E-state index is -1.60. The fourth-order valence-electron chi connectivity index (χ4n) is 8.26. The summed E-state index contributed by atoms with van der Waals surface area (Å²) in [5.74, 6) is -10.4. The van der Waals surface area contributed by atoms with Crippen LogP contribution in [0.5, 0.6) is 0 Å². The highest BCUT2D eigenvalue weighted by molar-refractivity contribution is 5.98. The van der Waals surface area contributed by atoms with Crippen LogP contribution in [0.25, 0.3) is 0 Å². The molecule has 28 heteroatoms. The third kappa shape index (κ3) is 17.4. The number of amides is 12. The summed E-state index contributed by atoms with van der Waals surface area (Å²) in [6.07, 6.45) is 0.0615. The number of nitrogens with two attached hydrogens (primary N) is 2.